The molecule has 0 bridgehead atoms. The molecule has 0 saturated carbocycles. The van der Waals surface area contributed by atoms with Gasteiger partial charge < -0.3 is 11.1 Å². The first kappa shape index (κ1) is 16.9. The van der Waals surface area contributed by atoms with Gasteiger partial charge in [-0.1, -0.05) is 18.2 Å². The van der Waals surface area contributed by atoms with Crippen LogP contribution >= 0.6 is 12.4 Å². The van der Waals surface area contributed by atoms with Crippen LogP contribution < -0.4 is 11.1 Å². The summed E-state index contributed by atoms with van der Waals surface area (Å²) in [7, 11) is 0. The smallest absolute Gasteiger partial charge is 0.234 e. The highest BCUT2D eigenvalue weighted by Crippen LogP contribution is 2.08. The van der Waals surface area contributed by atoms with E-state index in [-0.39, 0.29) is 36.7 Å². The predicted octanol–water partition coefficient (Wildman–Crippen LogP) is 1.29. The second-order valence-corrected chi connectivity index (χ2v) is 4.98. The summed E-state index contributed by atoms with van der Waals surface area (Å²) in [6.07, 6.45) is 1.86. The lowest BCUT2D eigenvalue weighted by Gasteiger charge is -2.29. The van der Waals surface area contributed by atoms with E-state index in [1.165, 1.54) is 6.07 Å². The maximum absolute atomic E-state index is 13.4. The molecule has 4 nitrogen and oxygen atoms in total. The average molecular weight is 302 g/mol. The Bertz CT molecular complexity index is 436. The van der Waals surface area contributed by atoms with Crippen LogP contribution in [0.2, 0.25) is 0 Å². The van der Waals surface area contributed by atoms with Crippen molar-refractivity contribution in [2.75, 3.05) is 19.6 Å². The van der Waals surface area contributed by atoms with Gasteiger partial charge in [0.05, 0.1) is 6.54 Å². The van der Waals surface area contributed by atoms with Gasteiger partial charge >= 0.3 is 0 Å². The summed E-state index contributed by atoms with van der Waals surface area (Å²) in [5.41, 5.74) is 6.32. The first-order valence-corrected chi connectivity index (χ1v) is 6.63. The molecule has 2 rings (SSSR count). The van der Waals surface area contributed by atoms with E-state index >= 15 is 0 Å². The fourth-order valence-electron chi connectivity index (χ4n) is 2.21. The van der Waals surface area contributed by atoms with Gasteiger partial charge in [0.1, 0.15) is 5.82 Å². The van der Waals surface area contributed by atoms with E-state index in [1.807, 2.05) is 0 Å². The molecule has 0 unspecified atom stereocenters. The number of carbonyl (C=O) groups excluding carboxylic acids is 1. The number of hydrogen-bond donors (Lipinski definition) is 2. The van der Waals surface area contributed by atoms with E-state index < -0.39 is 0 Å². The summed E-state index contributed by atoms with van der Waals surface area (Å²) < 4.78 is 13.4. The van der Waals surface area contributed by atoms with Crippen LogP contribution in [0.25, 0.3) is 0 Å². The van der Waals surface area contributed by atoms with Gasteiger partial charge in [-0.2, -0.15) is 0 Å². The maximum Gasteiger partial charge on any atom is 0.234 e. The number of rotatable bonds is 4. The highest BCUT2D eigenvalue weighted by molar-refractivity contribution is 5.85. The fourth-order valence-corrected chi connectivity index (χ4v) is 2.21. The molecule has 20 heavy (non-hydrogen) atoms. The van der Waals surface area contributed by atoms with Crippen molar-refractivity contribution in [2.24, 2.45) is 5.73 Å². The summed E-state index contributed by atoms with van der Waals surface area (Å²) >= 11 is 0. The molecule has 1 aliphatic rings. The molecule has 0 spiro atoms. The Labute approximate surface area is 124 Å². The average Bonchev–Trinajstić information content (AvgIpc) is 2.40. The Morgan fingerprint density at radius 1 is 1.35 bits per heavy atom. The van der Waals surface area contributed by atoms with E-state index in [0.29, 0.717) is 12.1 Å². The number of nitrogens with two attached hydrogens (primary N) is 1. The molecule has 0 aliphatic carbocycles. The number of amides is 1. The summed E-state index contributed by atoms with van der Waals surface area (Å²) in [6, 6.07) is 6.73. The molecule has 1 saturated heterocycles. The van der Waals surface area contributed by atoms with E-state index in [0.717, 1.165) is 25.9 Å². The monoisotopic (exact) mass is 301 g/mol. The number of likely N-dealkylation sites (tertiary alicyclic amines) is 1. The summed E-state index contributed by atoms with van der Waals surface area (Å²) in [4.78, 5) is 13.9. The van der Waals surface area contributed by atoms with E-state index in [2.05, 4.69) is 10.2 Å². The minimum atomic E-state index is -0.285. The lowest BCUT2D eigenvalue weighted by Crippen LogP contribution is -2.44. The van der Waals surface area contributed by atoms with Crippen LogP contribution in [0.5, 0.6) is 0 Å². The zero-order valence-electron chi connectivity index (χ0n) is 11.3. The number of nitrogens with zero attached hydrogens (tertiary/aromatic N) is 1. The van der Waals surface area contributed by atoms with Crippen LogP contribution in [0.1, 0.15) is 18.4 Å². The summed E-state index contributed by atoms with van der Waals surface area (Å²) in [5.74, 6) is -0.356. The van der Waals surface area contributed by atoms with Gasteiger partial charge in [0.15, 0.2) is 0 Å². The number of carbonyl (C=O) groups is 1. The largest absolute Gasteiger partial charge is 0.351 e. The molecular formula is C14H21ClFN3O. The van der Waals surface area contributed by atoms with Crippen LogP contribution in [-0.2, 0) is 11.3 Å². The standard InChI is InChI=1S/C14H20FN3O.ClH/c15-13-4-2-1-3-11(13)9-17-14(19)10-18-7-5-12(16)6-8-18;/h1-4,12H,5-10,16H2,(H,17,19);1H. The summed E-state index contributed by atoms with van der Waals surface area (Å²) in [6.45, 7) is 2.31. The zero-order chi connectivity index (χ0) is 13.7. The predicted molar refractivity (Wildman–Crippen MR) is 79.1 cm³/mol. The molecule has 1 fully saturated rings. The van der Waals surface area contributed by atoms with Crippen molar-refractivity contribution in [3.63, 3.8) is 0 Å². The Kier molecular flexibility index (Phi) is 6.91. The first-order chi connectivity index (χ1) is 9.15. The molecule has 3 N–H and O–H groups in total. The van der Waals surface area contributed by atoms with Gasteiger partial charge in [-0.05, 0) is 18.9 Å². The maximum atomic E-state index is 13.4. The second kappa shape index (κ2) is 8.19. The van der Waals surface area contributed by atoms with Crippen LogP contribution in [0.15, 0.2) is 24.3 Å². The number of piperidine rings is 1. The minimum absolute atomic E-state index is 0. The van der Waals surface area contributed by atoms with Crippen molar-refractivity contribution in [3.05, 3.63) is 35.6 Å². The van der Waals surface area contributed by atoms with Gasteiger partial charge in [-0.3, -0.25) is 9.69 Å². The van der Waals surface area contributed by atoms with Crippen molar-refractivity contribution < 1.29 is 9.18 Å². The van der Waals surface area contributed by atoms with Gasteiger partial charge in [-0.15, -0.1) is 12.4 Å². The van der Waals surface area contributed by atoms with Crippen LogP contribution in [0.3, 0.4) is 0 Å². The number of hydrogen-bond acceptors (Lipinski definition) is 3. The van der Waals surface area contributed by atoms with Crippen molar-refractivity contribution in [2.45, 2.75) is 25.4 Å². The lowest BCUT2D eigenvalue weighted by molar-refractivity contribution is -0.122. The van der Waals surface area contributed by atoms with E-state index in [9.17, 15) is 9.18 Å². The fraction of sp³-hybridized carbons (Fsp3) is 0.500. The minimum Gasteiger partial charge on any atom is -0.351 e. The highest BCUT2D eigenvalue weighted by Gasteiger charge is 2.18. The van der Waals surface area contributed by atoms with Crippen molar-refractivity contribution in [3.8, 4) is 0 Å². The molecule has 0 atom stereocenters. The third-order valence-corrected chi connectivity index (χ3v) is 3.43. The molecule has 1 aromatic carbocycles. The SMILES string of the molecule is Cl.NC1CCN(CC(=O)NCc2ccccc2F)CC1. The van der Waals surface area contributed by atoms with Crippen LogP contribution in [-0.4, -0.2) is 36.5 Å². The van der Waals surface area contributed by atoms with Crippen LogP contribution in [0.4, 0.5) is 4.39 Å². The van der Waals surface area contributed by atoms with Gasteiger partial charge in [0, 0.05) is 31.2 Å². The van der Waals surface area contributed by atoms with E-state index in [1.54, 1.807) is 18.2 Å². The third kappa shape index (κ3) is 5.07. The topological polar surface area (TPSA) is 58.4 Å². The number of benzene rings is 1. The molecule has 1 amide bonds. The Morgan fingerprint density at radius 3 is 2.65 bits per heavy atom. The van der Waals surface area contributed by atoms with Crippen molar-refractivity contribution in [1.29, 1.82) is 0 Å². The van der Waals surface area contributed by atoms with Crippen molar-refractivity contribution in [1.82, 2.24) is 10.2 Å². The molecule has 1 heterocycles. The molecule has 0 aromatic heterocycles. The third-order valence-electron chi connectivity index (χ3n) is 3.43. The zero-order valence-corrected chi connectivity index (χ0v) is 12.2. The van der Waals surface area contributed by atoms with Crippen LogP contribution in [0, 0.1) is 5.82 Å². The van der Waals surface area contributed by atoms with Gasteiger partial charge in [0.2, 0.25) is 5.91 Å². The van der Waals surface area contributed by atoms with Gasteiger partial charge in [-0.25, -0.2) is 4.39 Å². The van der Waals surface area contributed by atoms with Crippen molar-refractivity contribution >= 4 is 18.3 Å². The van der Waals surface area contributed by atoms with Gasteiger partial charge in [0.25, 0.3) is 0 Å². The Morgan fingerprint density at radius 2 is 2.00 bits per heavy atom. The molecular weight excluding hydrogens is 281 g/mol. The van der Waals surface area contributed by atoms with E-state index in [4.69, 9.17) is 5.73 Å². The Balaban J connectivity index is 0.00000200. The summed E-state index contributed by atoms with van der Waals surface area (Å²) in [5, 5.41) is 2.75. The first-order valence-electron chi connectivity index (χ1n) is 6.63. The second-order valence-electron chi connectivity index (χ2n) is 4.98. The molecule has 6 heteroatoms. The molecule has 1 aliphatic heterocycles. The molecule has 112 valence electrons. The highest BCUT2D eigenvalue weighted by atomic mass is 35.5. The number of nitrogens with one attached hydrogen (secondary N) is 1. The number of halogens is 2. The quantitative estimate of drug-likeness (QED) is 0.881. The molecule has 1 aromatic rings. The Hall–Kier alpha value is -1.17. The molecule has 0 radical (unpaired) electrons. The lowest BCUT2D eigenvalue weighted by atomic mass is 10.1. The normalized spacial score (nSPS) is 16.5.